The van der Waals surface area contributed by atoms with Gasteiger partial charge in [0.2, 0.25) is 5.91 Å². The lowest BCUT2D eigenvalue weighted by atomic mass is 10.4. The molecule has 100 valence electrons. The first-order valence-corrected chi connectivity index (χ1v) is 6.03. The maximum absolute atomic E-state index is 11.2. The van der Waals surface area contributed by atoms with E-state index in [2.05, 4.69) is 5.32 Å². The van der Waals surface area contributed by atoms with Crippen molar-refractivity contribution in [1.29, 1.82) is 0 Å². The summed E-state index contributed by atoms with van der Waals surface area (Å²) < 4.78 is 5.21. The fourth-order valence-electron chi connectivity index (χ4n) is 1.43. The molecule has 1 aliphatic rings. The number of hydrogen-bond acceptors (Lipinski definition) is 4. The summed E-state index contributed by atoms with van der Waals surface area (Å²) in [5.41, 5.74) is 0. The summed E-state index contributed by atoms with van der Waals surface area (Å²) in [6.07, 6.45) is 3.67. The van der Waals surface area contributed by atoms with Crippen LogP contribution in [0.3, 0.4) is 0 Å². The number of nitrogens with zero attached hydrogens (tertiary/aromatic N) is 1. The highest BCUT2D eigenvalue weighted by Crippen LogP contribution is 2.02. The summed E-state index contributed by atoms with van der Waals surface area (Å²) in [6.45, 7) is 3.41. The van der Waals surface area contributed by atoms with E-state index in [1.54, 1.807) is 0 Å². The molecule has 0 aromatic heterocycles. The lowest BCUT2D eigenvalue weighted by Crippen LogP contribution is -2.33. The van der Waals surface area contributed by atoms with Crippen molar-refractivity contribution < 1.29 is 19.1 Å². The van der Waals surface area contributed by atoms with Crippen molar-refractivity contribution in [2.24, 2.45) is 0 Å². The Morgan fingerprint density at radius 1 is 1.28 bits per heavy atom. The molecule has 1 N–H and O–H groups in total. The number of imide groups is 1. The van der Waals surface area contributed by atoms with E-state index in [-0.39, 0.29) is 30.9 Å². The van der Waals surface area contributed by atoms with E-state index >= 15 is 0 Å². The topological polar surface area (TPSA) is 75.7 Å². The first kappa shape index (κ1) is 14.4. The third-order valence-corrected chi connectivity index (χ3v) is 2.41. The second kappa shape index (κ2) is 7.60. The summed E-state index contributed by atoms with van der Waals surface area (Å²) in [5.74, 6) is -0.680. The minimum Gasteiger partial charge on any atom is -0.379 e. The molecule has 0 saturated carbocycles. The Morgan fingerprint density at radius 3 is 2.56 bits per heavy atom. The van der Waals surface area contributed by atoms with Crippen molar-refractivity contribution in [3.05, 3.63) is 12.2 Å². The van der Waals surface area contributed by atoms with Crippen LogP contribution in [0.4, 0.5) is 0 Å². The lowest BCUT2D eigenvalue weighted by molar-refractivity contribution is -0.138. The minimum atomic E-state index is -0.315. The monoisotopic (exact) mass is 254 g/mol. The molecule has 0 unspecified atom stereocenters. The molecule has 0 saturated heterocycles. The van der Waals surface area contributed by atoms with Gasteiger partial charge in [0.05, 0.1) is 19.8 Å². The SMILES string of the molecule is CCCNC(=O)CCOCCN1C(=O)C=CC1=O. The number of carbonyl (C=O) groups excluding carboxylic acids is 3. The van der Waals surface area contributed by atoms with Gasteiger partial charge in [0.25, 0.3) is 11.8 Å². The Bertz CT molecular complexity index is 334. The third-order valence-electron chi connectivity index (χ3n) is 2.41. The summed E-state index contributed by atoms with van der Waals surface area (Å²) in [4.78, 5) is 34.7. The molecule has 6 heteroatoms. The molecule has 3 amide bonds. The zero-order valence-corrected chi connectivity index (χ0v) is 10.5. The van der Waals surface area contributed by atoms with Crippen molar-refractivity contribution in [3.63, 3.8) is 0 Å². The van der Waals surface area contributed by atoms with Gasteiger partial charge in [-0.05, 0) is 6.42 Å². The van der Waals surface area contributed by atoms with Crippen LogP contribution in [0, 0.1) is 0 Å². The molecule has 0 fully saturated rings. The highest BCUT2D eigenvalue weighted by atomic mass is 16.5. The highest BCUT2D eigenvalue weighted by molar-refractivity contribution is 6.12. The normalized spacial score (nSPS) is 14.4. The Balaban J connectivity index is 2.04. The van der Waals surface area contributed by atoms with Crippen LogP contribution < -0.4 is 5.32 Å². The Morgan fingerprint density at radius 2 is 1.94 bits per heavy atom. The minimum absolute atomic E-state index is 0.0492. The van der Waals surface area contributed by atoms with Gasteiger partial charge >= 0.3 is 0 Å². The second-order valence-corrected chi connectivity index (χ2v) is 3.87. The molecule has 0 aromatic rings. The van der Waals surface area contributed by atoms with E-state index in [0.29, 0.717) is 19.6 Å². The van der Waals surface area contributed by atoms with Gasteiger partial charge in [0, 0.05) is 25.1 Å². The predicted octanol–water partition coefficient (Wildman–Crippen LogP) is -0.156. The molecule has 6 nitrogen and oxygen atoms in total. The van der Waals surface area contributed by atoms with Gasteiger partial charge in [-0.1, -0.05) is 6.92 Å². The van der Waals surface area contributed by atoms with Gasteiger partial charge in [0.15, 0.2) is 0 Å². The molecule has 0 atom stereocenters. The number of nitrogens with one attached hydrogen (secondary N) is 1. The molecule has 18 heavy (non-hydrogen) atoms. The zero-order chi connectivity index (χ0) is 13.4. The van der Waals surface area contributed by atoms with Gasteiger partial charge in [-0.15, -0.1) is 0 Å². The van der Waals surface area contributed by atoms with Gasteiger partial charge in [0.1, 0.15) is 0 Å². The van der Waals surface area contributed by atoms with Crippen molar-refractivity contribution in [1.82, 2.24) is 10.2 Å². The average molecular weight is 254 g/mol. The van der Waals surface area contributed by atoms with Gasteiger partial charge in [-0.2, -0.15) is 0 Å². The summed E-state index contributed by atoms with van der Waals surface area (Å²) >= 11 is 0. The van der Waals surface area contributed by atoms with Crippen LogP contribution in [-0.4, -0.2) is 48.9 Å². The number of amides is 3. The van der Waals surface area contributed by atoms with Crippen molar-refractivity contribution in [2.45, 2.75) is 19.8 Å². The second-order valence-electron chi connectivity index (χ2n) is 3.87. The molecule has 0 aromatic carbocycles. The van der Waals surface area contributed by atoms with Crippen molar-refractivity contribution in [2.75, 3.05) is 26.3 Å². The van der Waals surface area contributed by atoms with Crippen LogP contribution in [0.2, 0.25) is 0 Å². The maximum atomic E-state index is 11.2. The molecule has 1 rings (SSSR count). The number of hydrogen-bond donors (Lipinski definition) is 1. The largest absolute Gasteiger partial charge is 0.379 e. The van der Waals surface area contributed by atoms with Crippen molar-refractivity contribution >= 4 is 17.7 Å². The molecule has 0 bridgehead atoms. The summed E-state index contributed by atoms with van der Waals surface area (Å²) in [6, 6.07) is 0. The summed E-state index contributed by atoms with van der Waals surface area (Å²) in [7, 11) is 0. The third kappa shape index (κ3) is 4.67. The van der Waals surface area contributed by atoms with Crippen LogP contribution in [0.15, 0.2) is 12.2 Å². The molecule has 0 aliphatic carbocycles. The van der Waals surface area contributed by atoms with E-state index in [4.69, 9.17) is 4.74 Å². The lowest BCUT2D eigenvalue weighted by Gasteiger charge is -2.13. The Labute approximate surface area is 106 Å². The highest BCUT2D eigenvalue weighted by Gasteiger charge is 2.22. The zero-order valence-electron chi connectivity index (χ0n) is 10.5. The van der Waals surface area contributed by atoms with E-state index in [1.165, 1.54) is 12.2 Å². The molecule has 1 heterocycles. The first-order chi connectivity index (χ1) is 8.65. The van der Waals surface area contributed by atoms with Gasteiger partial charge < -0.3 is 10.1 Å². The summed E-state index contributed by atoms with van der Waals surface area (Å²) in [5, 5.41) is 2.73. The quantitative estimate of drug-likeness (QED) is 0.482. The van der Waals surface area contributed by atoms with Crippen LogP contribution >= 0.6 is 0 Å². The van der Waals surface area contributed by atoms with E-state index in [0.717, 1.165) is 11.3 Å². The molecule has 1 aliphatic heterocycles. The fraction of sp³-hybridized carbons (Fsp3) is 0.583. The van der Waals surface area contributed by atoms with Crippen LogP contribution in [-0.2, 0) is 19.1 Å². The van der Waals surface area contributed by atoms with E-state index in [9.17, 15) is 14.4 Å². The van der Waals surface area contributed by atoms with Crippen LogP contribution in [0.25, 0.3) is 0 Å². The van der Waals surface area contributed by atoms with E-state index in [1.807, 2.05) is 6.92 Å². The molecule has 0 spiro atoms. The molecular weight excluding hydrogens is 236 g/mol. The van der Waals surface area contributed by atoms with Gasteiger partial charge in [-0.25, -0.2) is 0 Å². The van der Waals surface area contributed by atoms with E-state index < -0.39 is 0 Å². The number of carbonyl (C=O) groups is 3. The van der Waals surface area contributed by atoms with Crippen LogP contribution in [0.1, 0.15) is 19.8 Å². The smallest absolute Gasteiger partial charge is 0.253 e. The fourth-order valence-corrected chi connectivity index (χ4v) is 1.43. The first-order valence-electron chi connectivity index (χ1n) is 6.03. The average Bonchev–Trinajstić information content (AvgIpc) is 2.67. The molecule has 0 radical (unpaired) electrons. The Kier molecular flexibility index (Phi) is 6.07. The number of rotatable bonds is 8. The van der Waals surface area contributed by atoms with Gasteiger partial charge in [-0.3, -0.25) is 19.3 Å². The standard InChI is InChI=1S/C12H18N2O4/c1-2-6-13-10(15)5-8-18-9-7-14-11(16)3-4-12(14)17/h3-4H,2,5-9H2,1H3,(H,13,15). The van der Waals surface area contributed by atoms with Crippen molar-refractivity contribution in [3.8, 4) is 0 Å². The maximum Gasteiger partial charge on any atom is 0.253 e. The molecular formula is C12H18N2O4. The Hall–Kier alpha value is -1.69. The number of ether oxygens (including phenoxy) is 1. The predicted molar refractivity (Wildman–Crippen MR) is 64.6 cm³/mol. The van der Waals surface area contributed by atoms with Crippen LogP contribution in [0.5, 0.6) is 0 Å².